The summed E-state index contributed by atoms with van der Waals surface area (Å²) in [5.41, 5.74) is 2.92. The monoisotopic (exact) mass is 324 g/mol. The molecule has 4 heteroatoms. The second-order valence-corrected chi connectivity index (χ2v) is 6.21. The number of para-hydroxylation sites is 1. The number of amides is 1. The number of ether oxygens (including phenoxy) is 1. The highest BCUT2D eigenvalue weighted by atomic mass is 16.5. The third-order valence-electron chi connectivity index (χ3n) is 4.45. The van der Waals surface area contributed by atoms with Gasteiger partial charge in [-0.15, -0.1) is 0 Å². The van der Waals surface area contributed by atoms with Gasteiger partial charge in [0.15, 0.2) is 0 Å². The Morgan fingerprint density at radius 3 is 2.62 bits per heavy atom. The molecule has 0 saturated carbocycles. The number of aryl methyl sites for hydroxylation is 1. The van der Waals surface area contributed by atoms with E-state index in [2.05, 4.69) is 23.6 Å². The summed E-state index contributed by atoms with van der Waals surface area (Å²) < 4.78 is 5.94. The van der Waals surface area contributed by atoms with Crippen LogP contribution in [0.15, 0.2) is 48.5 Å². The highest BCUT2D eigenvalue weighted by Gasteiger charge is 2.18. The van der Waals surface area contributed by atoms with Crippen LogP contribution in [0.5, 0.6) is 5.75 Å². The topological polar surface area (TPSA) is 50.4 Å². The predicted molar refractivity (Wildman–Crippen MR) is 95.3 cm³/mol. The highest BCUT2D eigenvalue weighted by molar-refractivity contribution is 5.97. The lowest BCUT2D eigenvalue weighted by Crippen LogP contribution is -2.42. The van der Waals surface area contributed by atoms with Gasteiger partial charge in [-0.2, -0.15) is 0 Å². The third kappa shape index (κ3) is 4.15. The lowest BCUT2D eigenvalue weighted by molar-refractivity contribution is 0.0925. The maximum atomic E-state index is 12.6. The Morgan fingerprint density at radius 1 is 1.12 bits per heavy atom. The molecule has 24 heavy (non-hydrogen) atoms. The molecule has 126 valence electrons. The summed E-state index contributed by atoms with van der Waals surface area (Å²) >= 11 is 0. The number of piperidine rings is 1. The van der Waals surface area contributed by atoms with Crippen molar-refractivity contribution in [1.82, 2.24) is 10.6 Å². The molecular weight excluding hydrogens is 300 g/mol. The van der Waals surface area contributed by atoms with Crippen molar-refractivity contribution in [2.24, 2.45) is 0 Å². The summed E-state index contributed by atoms with van der Waals surface area (Å²) in [7, 11) is 0. The molecule has 1 saturated heterocycles. The fourth-order valence-corrected chi connectivity index (χ4v) is 2.94. The van der Waals surface area contributed by atoms with Gasteiger partial charge in [-0.1, -0.05) is 36.4 Å². The SMILES string of the molecule is Cc1ccccc1COc1ccccc1C(=O)NC1CCNCC1. The van der Waals surface area contributed by atoms with E-state index >= 15 is 0 Å². The summed E-state index contributed by atoms with van der Waals surface area (Å²) in [5, 5.41) is 6.43. The van der Waals surface area contributed by atoms with E-state index < -0.39 is 0 Å². The molecule has 1 aliphatic heterocycles. The van der Waals surface area contributed by atoms with Crippen molar-refractivity contribution in [2.75, 3.05) is 13.1 Å². The van der Waals surface area contributed by atoms with Crippen molar-refractivity contribution in [3.8, 4) is 5.75 Å². The van der Waals surface area contributed by atoms with Crippen LogP contribution >= 0.6 is 0 Å². The highest BCUT2D eigenvalue weighted by Crippen LogP contribution is 2.20. The predicted octanol–water partition coefficient (Wildman–Crippen LogP) is 3.06. The maximum absolute atomic E-state index is 12.6. The number of rotatable bonds is 5. The van der Waals surface area contributed by atoms with Crippen LogP contribution < -0.4 is 15.4 Å². The summed E-state index contributed by atoms with van der Waals surface area (Å²) in [4.78, 5) is 12.6. The van der Waals surface area contributed by atoms with Crippen molar-refractivity contribution in [3.63, 3.8) is 0 Å². The van der Waals surface area contributed by atoms with Crippen LogP contribution in [0.25, 0.3) is 0 Å². The van der Waals surface area contributed by atoms with Crippen LogP contribution in [0.3, 0.4) is 0 Å². The zero-order valence-electron chi connectivity index (χ0n) is 14.0. The molecule has 1 amide bonds. The van der Waals surface area contributed by atoms with Crippen LogP contribution in [0.1, 0.15) is 34.3 Å². The average Bonchev–Trinajstić information content (AvgIpc) is 2.62. The first-order valence-electron chi connectivity index (χ1n) is 8.52. The van der Waals surface area contributed by atoms with E-state index in [-0.39, 0.29) is 11.9 Å². The van der Waals surface area contributed by atoms with Crippen LogP contribution in [0.2, 0.25) is 0 Å². The Hall–Kier alpha value is -2.33. The van der Waals surface area contributed by atoms with Crippen molar-refractivity contribution in [3.05, 3.63) is 65.2 Å². The van der Waals surface area contributed by atoms with Gasteiger partial charge in [0.05, 0.1) is 5.56 Å². The largest absolute Gasteiger partial charge is 0.488 e. The van der Waals surface area contributed by atoms with Crippen LogP contribution in [0.4, 0.5) is 0 Å². The van der Waals surface area contributed by atoms with Crippen molar-refractivity contribution < 1.29 is 9.53 Å². The Bertz CT molecular complexity index is 694. The van der Waals surface area contributed by atoms with E-state index in [1.807, 2.05) is 42.5 Å². The van der Waals surface area contributed by atoms with Gasteiger partial charge in [-0.3, -0.25) is 4.79 Å². The Kier molecular flexibility index (Phi) is 5.49. The molecule has 0 aliphatic carbocycles. The summed E-state index contributed by atoms with van der Waals surface area (Å²) in [5.74, 6) is 0.578. The fraction of sp³-hybridized carbons (Fsp3) is 0.350. The quantitative estimate of drug-likeness (QED) is 0.889. The molecule has 0 spiro atoms. The Labute approximate surface area is 143 Å². The molecule has 0 radical (unpaired) electrons. The first-order chi connectivity index (χ1) is 11.7. The minimum atomic E-state index is -0.0534. The molecule has 2 aromatic rings. The first kappa shape index (κ1) is 16.5. The molecule has 3 rings (SSSR count). The molecule has 0 bridgehead atoms. The first-order valence-corrected chi connectivity index (χ1v) is 8.52. The minimum Gasteiger partial charge on any atom is -0.488 e. The van der Waals surface area contributed by atoms with Gasteiger partial charge < -0.3 is 15.4 Å². The molecule has 1 aliphatic rings. The molecule has 0 aromatic heterocycles. The number of hydrogen-bond acceptors (Lipinski definition) is 3. The van der Waals surface area contributed by atoms with Gasteiger partial charge in [0.25, 0.3) is 5.91 Å². The van der Waals surface area contributed by atoms with Crippen molar-refractivity contribution in [1.29, 1.82) is 0 Å². The average molecular weight is 324 g/mol. The van der Waals surface area contributed by atoms with E-state index in [1.54, 1.807) is 0 Å². The number of hydrogen-bond donors (Lipinski definition) is 2. The van der Waals surface area contributed by atoms with E-state index in [0.29, 0.717) is 17.9 Å². The summed E-state index contributed by atoms with van der Waals surface area (Å²) in [6.07, 6.45) is 1.94. The molecule has 0 unspecified atom stereocenters. The van der Waals surface area contributed by atoms with Crippen molar-refractivity contribution >= 4 is 5.91 Å². The molecule has 1 fully saturated rings. The molecule has 1 heterocycles. The van der Waals surface area contributed by atoms with Gasteiger partial charge >= 0.3 is 0 Å². The van der Waals surface area contributed by atoms with E-state index in [4.69, 9.17) is 4.74 Å². The van der Waals surface area contributed by atoms with Gasteiger partial charge in [0, 0.05) is 6.04 Å². The second-order valence-electron chi connectivity index (χ2n) is 6.21. The van der Waals surface area contributed by atoms with Gasteiger partial charge in [-0.25, -0.2) is 0 Å². The number of carbonyl (C=O) groups excluding carboxylic acids is 1. The fourth-order valence-electron chi connectivity index (χ4n) is 2.94. The van der Waals surface area contributed by atoms with Crippen LogP contribution in [0, 0.1) is 6.92 Å². The molecular formula is C20H24N2O2. The number of carbonyl (C=O) groups is 1. The zero-order chi connectivity index (χ0) is 16.8. The van der Waals surface area contributed by atoms with Crippen LogP contribution in [-0.4, -0.2) is 25.0 Å². The standard InChI is InChI=1S/C20H24N2O2/c1-15-6-2-3-7-16(15)14-24-19-9-5-4-8-18(19)20(23)22-17-10-12-21-13-11-17/h2-9,17,21H,10-14H2,1H3,(H,22,23). The van der Waals surface area contributed by atoms with E-state index in [1.165, 1.54) is 5.56 Å². The van der Waals surface area contributed by atoms with E-state index in [0.717, 1.165) is 31.5 Å². The normalized spacial score (nSPS) is 15.0. The van der Waals surface area contributed by atoms with E-state index in [9.17, 15) is 4.79 Å². The van der Waals surface area contributed by atoms with Gasteiger partial charge in [-0.05, 0) is 56.1 Å². The lowest BCUT2D eigenvalue weighted by atomic mass is 10.1. The van der Waals surface area contributed by atoms with Crippen LogP contribution in [-0.2, 0) is 6.61 Å². The minimum absolute atomic E-state index is 0.0534. The number of nitrogens with one attached hydrogen (secondary N) is 2. The smallest absolute Gasteiger partial charge is 0.255 e. The van der Waals surface area contributed by atoms with Crippen molar-refractivity contribution in [2.45, 2.75) is 32.4 Å². The van der Waals surface area contributed by atoms with Gasteiger partial charge in [0.2, 0.25) is 0 Å². The summed E-state index contributed by atoms with van der Waals surface area (Å²) in [6, 6.07) is 15.8. The third-order valence-corrected chi connectivity index (χ3v) is 4.45. The number of benzene rings is 2. The Balaban J connectivity index is 1.68. The second kappa shape index (κ2) is 7.97. The molecule has 4 nitrogen and oxygen atoms in total. The summed E-state index contributed by atoms with van der Waals surface area (Å²) in [6.45, 7) is 4.44. The maximum Gasteiger partial charge on any atom is 0.255 e. The Morgan fingerprint density at radius 2 is 1.83 bits per heavy atom. The molecule has 2 aromatic carbocycles. The molecule has 2 N–H and O–H groups in total. The lowest BCUT2D eigenvalue weighted by Gasteiger charge is -2.24. The molecule has 0 atom stereocenters. The van der Waals surface area contributed by atoms with Gasteiger partial charge in [0.1, 0.15) is 12.4 Å². The zero-order valence-corrected chi connectivity index (χ0v) is 14.0.